The van der Waals surface area contributed by atoms with Crippen molar-refractivity contribution in [3.05, 3.63) is 63.5 Å². The van der Waals surface area contributed by atoms with E-state index in [1.165, 1.54) is 16.2 Å². The number of thioether (sulfide) groups is 1. The molecule has 5 nitrogen and oxygen atoms in total. The van der Waals surface area contributed by atoms with Gasteiger partial charge in [-0.2, -0.15) is 0 Å². The number of nitrogens with zero attached hydrogens (tertiary/aromatic N) is 2. The molecule has 1 atom stereocenters. The minimum atomic E-state index is 0.0766. The molecule has 7 heteroatoms. The van der Waals surface area contributed by atoms with Crippen molar-refractivity contribution in [1.82, 2.24) is 5.32 Å². The van der Waals surface area contributed by atoms with E-state index in [1.807, 2.05) is 55.1 Å². The summed E-state index contributed by atoms with van der Waals surface area (Å²) in [5.74, 6) is 1.79. The van der Waals surface area contributed by atoms with Crippen LogP contribution in [0.15, 0.2) is 47.4 Å². The Kier molecular flexibility index (Phi) is 6.00. The fourth-order valence-electron chi connectivity index (χ4n) is 4.48. The summed E-state index contributed by atoms with van der Waals surface area (Å²) in [6, 6.07) is 14.1. The van der Waals surface area contributed by atoms with E-state index in [-0.39, 0.29) is 5.91 Å². The predicted molar refractivity (Wildman–Crippen MR) is 124 cm³/mol. The van der Waals surface area contributed by atoms with Crippen LogP contribution in [0, 0.1) is 0 Å². The molecule has 1 N–H and O–H groups in total. The van der Waals surface area contributed by atoms with Crippen LogP contribution in [0.3, 0.4) is 0 Å². The second kappa shape index (κ2) is 8.53. The molecular formula is C23H27ClN3O2S+. The number of rotatable bonds is 5. The third-order valence-electron chi connectivity index (χ3n) is 5.75. The molecule has 1 amide bonds. The van der Waals surface area contributed by atoms with Crippen LogP contribution in [-0.4, -0.2) is 43.1 Å². The fourth-order valence-corrected chi connectivity index (χ4v) is 5.79. The maximum absolute atomic E-state index is 12.8. The molecule has 158 valence electrons. The Morgan fingerprint density at radius 2 is 2.03 bits per heavy atom. The minimum absolute atomic E-state index is 0.0766. The van der Waals surface area contributed by atoms with Crippen LogP contribution in [0.2, 0.25) is 5.02 Å². The quantitative estimate of drug-likeness (QED) is 0.680. The Bertz CT molecular complexity index is 992. The number of hydrogen-bond acceptors (Lipinski definition) is 4. The average Bonchev–Trinajstić information content (AvgIpc) is 2.95. The number of hydrogen-bond donors (Lipinski definition) is 1. The highest BCUT2D eigenvalue weighted by Crippen LogP contribution is 2.48. The summed E-state index contributed by atoms with van der Waals surface area (Å²) in [5.41, 5.74) is 4.65. The zero-order valence-electron chi connectivity index (χ0n) is 17.6. The lowest BCUT2D eigenvalue weighted by Crippen LogP contribution is -2.54. The van der Waals surface area contributed by atoms with Crippen LogP contribution in [0.4, 0.5) is 5.69 Å². The summed E-state index contributed by atoms with van der Waals surface area (Å²) < 4.78 is 6.33. The van der Waals surface area contributed by atoms with Crippen molar-refractivity contribution in [3.63, 3.8) is 0 Å². The van der Waals surface area contributed by atoms with E-state index < -0.39 is 0 Å². The molecule has 0 saturated heterocycles. The number of fused-ring (bicyclic) bond motifs is 3. The van der Waals surface area contributed by atoms with Crippen molar-refractivity contribution < 1.29 is 14.0 Å². The van der Waals surface area contributed by atoms with E-state index in [0.29, 0.717) is 35.8 Å². The van der Waals surface area contributed by atoms with Crippen LogP contribution < -0.4 is 15.0 Å². The van der Waals surface area contributed by atoms with Crippen molar-refractivity contribution in [3.8, 4) is 5.75 Å². The predicted octanol–water partition coefficient (Wildman–Crippen LogP) is 4.67. The summed E-state index contributed by atoms with van der Waals surface area (Å²) in [5, 5.41) is 3.71. The first-order valence-electron chi connectivity index (χ1n) is 10.1. The first-order valence-corrected chi connectivity index (χ1v) is 11.5. The van der Waals surface area contributed by atoms with E-state index in [4.69, 9.17) is 16.3 Å². The number of carbonyl (C=O) groups is 1. The lowest BCUT2D eigenvalue weighted by Gasteiger charge is -2.37. The summed E-state index contributed by atoms with van der Waals surface area (Å²) >= 11 is 7.98. The molecular weight excluding hydrogens is 418 g/mol. The second-order valence-corrected chi connectivity index (χ2v) is 9.33. The molecule has 0 aromatic heterocycles. The van der Waals surface area contributed by atoms with E-state index in [2.05, 4.69) is 23.2 Å². The zero-order chi connectivity index (χ0) is 21.3. The van der Waals surface area contributed by atoms with Gasteiger partial charge in [-0.05, 0) is 50.2 Å². The standard InChI is InChI=1S/C23H26ClN3O2S/c1-4-25-22(28)13-27-14-26(18-10-8-17(24)9-11-18)12-20-19(6-5-7-21(20)29-3)23(27)16(2)30-15-27/h5-11H,4,12-15H2,1-3H3/p+1/t27-/m0/s1. The van der Waals surface area contributed by atoms with Gasteiger partial charge in [0.15, 0.2) is 18.9 Å². The lowest BCUT2D eigenvalue weighted by atomic mass is 10.0. The van der Waals surface area contributed by atoms with Gasteiger partial charge in [0.2, 0.25) is 0 Å². The molecule has 0 aliphatic carbocycles. The van der Waals surface area contributed by atoms with Crippen molar-refractivity contribution in [2.75, 3.05) is 37.6 Å². The maximum atomic E-state index is 12.8. The molecule has 2 heterocycles. The van der Waals surface area contributed by atoms with Gasteiger partial charge in [-0.3, -0.25) is 9.28 Å². The Balaban J connectivity index is 1.88. The monoisotopic (exact) mass is 444 g/mol. The number of anilines is 1. The smallest absolute Gasteiger partial charge is 0.275 e. The van der Waals surface area contributed by atoms with Gasteiger partial charge in [0, 0.05) is 33.3 Å². The number of nitrogens with one attached hydrogen (secondary N) is 1. The molecule has 2 aliphatic rings. The fraction of sp³-hybridized carbons (Fsp3) is 0.348. The molecule has 0 fully saturated rings. The van der Waals surface area contributed by atoms with Gasteiger partial charge < -0.3 is 15.0 Å². The molecule has 0 spiro atoms. The maximum Gasteiger partial charge on any atom is 0.275 e. The van der Waals surface area contributed by atoms with Gasteiger partial charge in [-0.1, -0.05) is 29.4 Å². The summed E-state index contributed by atoms with van der Waals surface area (Å²) in [7, 11) is 1.72. The van der Waals surface area contributed by atoms with E-state index in [0.717, 1.165) is 22.9 Å². The number of halogens is 1. The molecule has 0 radical (unpaired) electrons. The van der Waals surface area contributed by atoms with E-state index in [9.17, 15) is 4.79 Å². The highest BCUT2D eigenvalue weighted by Gasteiger charge is 2.47. The topological polar surface area (TPSA) is 41.6 Å². The van der Waals surface area contributed by atoms with Crippen LogP contribution in [-0.2, 0) is 11.3 Å². The Morgan fingerprint density at radius 3 is 2.73 bits per heavy atom. The van der Waals surface area contributed by atoms with Crippen LogP contribution >= 0.6 is 23.4 Å². The Morgan fingerprint density at radius 1 is 1.27 bits per heavy atom. The van der Waals surface area contributed by atoms with Gasteiger partial charge in [0.25, 0.3) is 5.91 Å². The van der Waals surface area contributed by atoms with Crippen molar-refractivity contribution in [2.45, 2.75) is 20.4 Å². The van der Waals surface area contributed by atoms with Crippen LogP contribution in [0.1, 0.15) is 25.0 Å². The molecule has 2 aromatic rings. The number of methoxy groups -OCH3 is 1. The van der Waals surface area contributed by atoms with Crippen molar-refractivity contribution >= 4 is 40.7 Å². The third-order valence-corrected chi connectivity index (χ3v) is 7.25. The normalized spacial score (nSPS) is 20.5. The molecule has 4 rings (SSSR count). The molecule has 2 aliphatic heterocycles. The Hall–Kier alpha value is -2.15. The zero-order valence-corrected chi connectivity index (χ0v) is 19.1. The first kappa shape index (κ1) is 21.1. The van der Waals surface area contributed by atoms with Crippen molar-refractivity contribution in [1.29, 1.82) is 0 Å². The number of carbonyl (C=O) groups excluding carboxylic acids is 1. The highest BCUT2D eigenvalue weighted by atomic mass is 35.5. The Labute approximate surface area is 187 Å². The summed E-state index contributed by atoms with van der Waals surface area (Å²) in [6.45, 7) is 6.58. The number of benzene rings is 2. The first-order chi connectivity index (χ1) is 14.5. The molecule has 2 aromatic carbocycles. The third kappa shape index (κ3) is 3.80. The number of ether oxygens (including phenoxy) is 1. The number of amides is 1. The van der Waals surface area contributed by atoms with Crippen molar-refractivity contribution in [2.24, 2.45) is 0 Å². The van der Waals surface area contributed by atoms with Crippen LogP contribution in [0.25, 0.3) is 5.70 Å². The average molecular weight is 445 g/mol. The van der Waals surface area contributed by atoms with E-state index in [1.54, 1.807) is 7.11 Å². The number of likely N-dealkylation sites (N-methyl/N-ethyl adjacent to an activating group) is 1. The van der Waals surface area contributed by atoms with Gasteiger partial charge in [0.1, 0.15) is 11.6 Å². The SMILES string of the molecule is CCNC(=O)C[N@+]12CSC(C)=C1c1cccc(OC)c1CN(c1ccc(Cl)cc1)C2. The minimum Gasteiger partial charge on any atom is -0.496 e. The van der Waals surface area contributed by atoms with Crippen LogP contribution in [0.5, 0.6) is 5.75 Å². The molecule has 0 unspecified atom stereocenters. The number of quaternary nitrogens is 1. The molecule has 0 bridgehead atoms. The van der Waals surface area contributed by atoms with Gasteiger partial charge >= 0.3 is 0 Å². The summed E-state index contributed by atoms with van der Waals surface area (Å²) in [6.07, 6.45) is 0. The van der Waals surface area contributed by atoms with E-state index >= 15 is 0 Å². The number of allylic oxidation sites excluding steroid dienone is 1. The largest absolute Gasteiger partial charge is 0.496 e. The lowest BCUT2D eigenvalue weighted by molar-refractivity contribution is -0.835. The molecule has 30 heavy (non-hydrogen) atoms. The van der Waals surface area contributed by atoms with Gasteiger partial charge in [0.05, 0.1) is 13.7 Å². The van der Waals surface area contributed by atoms with Gasteiger partial charge in [-0.15, -0.1) is 0 Å². The summed E-state index contributed by atoms with van der Waals surface area (Å²) in [4.78, 5) is 16.4. The molecule has 0 saturated carbocycles. The second-order valence-electron chi connectivity index (χ2n) is 7.74. The van der Waals surface area contributed by atoms with Gasteiger partial charge in [-0.25, -0.2) is 0 Å². The highest BCUT2D eigenvalue weighted by molar-refractivity contribution is 8.03.